The molecule has 166 valence electrons. The summed E-state index contributed by atoms with van der Waals surface area (Å²) in [7, 11) is 0. The van der Waals surface area contributed by atoms with Gasteiger partial charge in [0.25, 0.3) is 0 Å². The number of hydrogen-bond acceptors (Lipinski definition) is 8. The molecule has 0 atom stereocenters. The van der Waals surface area contributed by atoms with Crippen molar-refractivity contribution in [1.82, 2.24) is 15.0 Å². The van der Waals surface area contributed by atoms with Crippen LogP contribution in [0.2, 0.25) is 0 Å². The zero-order valence-electron chi connectivity index (χ0n) is 18.2. The number of rotatable bonds is 7. The van der Waals surface area contributed by atoms with E-state index in [1.807, 2.05) is 62.4 Å². The first kappa shape index (κ1) is 22.0. The maximum Gasteiger partial charge on any atom is 0.234 e. The second-order valence-electron chi connectivity index (χ2n) is 7.49. The summed E-state index contributed by atoms with van der Waals surface area (Å²) in [6.07, 6.45) is 0. The molecule has 9 heteroatoms. The number of aryl methyl sites for hydroxylation is 2. The maximum absolute atomic E-state index is 12.5. The number of carbonyl (C=O) groups excluding carboxylic acids is 1. The van der Waals surface area contributed by atoms with Crippen LogP contribution in [0.1, 0.15) is 11.1 Å². The monoisotopic (exact) mass is 450 g/mol. The van der Waals surface area contributed by atoms with Crippen LogP contribution in [0.15, 0.2) is 53.7 Å². The van der Waals surface area contributed by atoms with E-state index >= 15 is 0 Å². The lowest BCUT2D eigenvalue weighted by atomic mass is 10.1. The molecule has 0 radical (unpaired) electrons. The Labute approximate surface area is 191 Å². The molecule has 1 aliphatic rings. The molecule has 1 aromatic heterocycles. The number of benzene rings is 2. The number of thioether (sulfide) groups is 1. The van der Waals surface area contributed by atoms with Crippen molar-refractivity contribution >= 4 is 40.9 Å². The van der Waals surface area contributed by atoms with Crippen molar-refractivity contribution in [3.05, 3.63) is 59.7 Å². The van der Waals surface area contributed by atoms with Gasteiger partial charge in [-0.15, -0.1) is 0 Å². The van der Waals surface area contributed by atoms with Gasteiger partial charge < -0.3 is 20.3 Å². The van der Waals surface area contributed by atoms with Gasteiger partial charge in [-0.3, -0.25) is 4.79 Å². The fourth-order valence-corrected chi connectivity index (χ4v) is 3.92. The average molecular weight is 451 g/mol. The van der Waals surface area contributed by atoms with Crippen LogP contribution >= 0.6 is 11.8 Å². The van der Waals surface area contributed by atoms with Crippen molar-refractivity contribution in [1.29, 1.82) is 0 Å². The third kappa shape index (κ3) is 5.95. The Kier molecular flexibility index (Phi) is 7.18. The SMILES string of the molecule is Cc1ccc(NC(=O)CSc2nc(Nc3ccccc3)nc(N3CCOCC3)n2)c(C)c1. The van der Waals surface area contributed by atoms with E-state index in [9.17, 15) is 4.79 Å². The van der Waals surface area contributed by atoms with E-state index in [4.69, 9.17) is 4.74 Å². The lowest BCUT2D eigenvalue weighted by Crippen LogP contribution is -2.37. The molecule has 1 saturated heterocycles. The number of amides is 1. The van der Waals surface area contributed by atoms with Crippen molar-refractivity contribution in [2.45, 2.75) is 19.0 Å². The minimum atomic E-state index is -0.104. The van der Waals surface area contributed by atoms with Crippen molar-refractivity contribution in [3.8, 4) is 0 Å². The maximum atomic E-state index is 12.5. The smallest absolute Gasteiger partial charge is 0.234 e. The number of nitrogens with one attached hydrogen (secondary N) is 2. The van der Waals surface area contributed by atoms with Gasteiger partial charge in [-0.25, -0.2) is 0 Å². The Bertz CT molecular complexity index is 1070. The second kappa shape index (κ2) is 10.4. The summed E-state index contributed by atoms with van der Waals surface area (Å²) in [6, 6.07) is 15.7. The van der Waals surface area contributed by atoms with Crippen LogP contribution in [-0.4, -0.2) is 52.9 Å². The first-order chi connectivity index (χ1) is 15.6. The predicted octanol–water partition coefficient (Wildman–Crippen LogP) is 3.80. The molecule has 0 aliphatic carbocycles. The molecule has 0 unspecified atom stereocenters. The molecular weight excluding hydrogens is 424 g/mol. The topological polar surface area (TPSA) is 92.3 Å². The molecule has 2 aromatic carbocycles. The Morgan fingerprint density at radius 2 is 1.84 bits per heavy atom. The summed E-state index contributed by atoms with van der Waals surface area (Å²) >= 11 is 1.29. The summed E-state index contributed by atoms with van der Waals surface area (Å²) < 4.78 is 5.44. The summed E-state index contributed by atoms with van der Waals surface area (Å²) in [5.41, 5.74) is 3.90. The fourth-order valence-electron chi connectivity index (χ4n) is 3.29. The number of carbonyl (C=O) groups is 1. The van der Waals surface area contributed by atoms with Crippen LogP contribution in [0.5, 0.6) is 0 Å². The molecule has 8 nitrogen and oxygen atoms in total. The number of anilines is 4. The minimum Gasteiger partial charge on any atom is -0.378 e. The van der Waals surface area contributed by atoms with Crippen LogP contribution in [0, 0.1) is 13.8 Å². The highest BCUT2D eigenvalue weighted by molar-refractivity contribution is 7.99. The standard InChI is InChI=1S/C23H26N6O2S/c1-16-8-9-19(17(2)14-16)25-20(30)15-32-23-27-21(24-18-6-4-3-5-7-18)26-22(28-23)29-10-12-31-13-11-29/h3-9,14H,10-13,15H2,1-2H3,(H,25,30)(H,24,26,27,28). The molecule has 0 spiro atoms. The highest BCUT2D eigenvalue weighted by Gasteiger charge is 2.17. The Balaban J connectivity index is 1.48. The van der Waals surface area contributed by atoms with E-state index in [1.165, 1.54) is 11.8 Å². The zero-order valence-corrected chi connectivity index (χ0v) is 19.0. The van der Waals surface area contributed by atoms with Gasteiger partial charge in [-0.05, 0) is 37.6 Å². The number of nitrogens with zero attached hydrogens (tertiary/aromatic N) is 4. The van der Waals surface area contributed by atoms with Gasteiger partial charge in [0.1, 0.15) is 0 Å². The van der Waals surface area contributed by atoms with E-state index in [2.05, 4.69) is 30.5 Å². The third-order valence-corrected chi connectivity index (χ3v) is 5.76. The molecule has 3 aromatic rings. The molecule has 2 heterocycles. The van der Waals surface area contributed by atoms with Crippen LogP contribution in [0.3, 0.4) is 0 Å². The molecule has 0 saturated carbocycles. The number of aromatic nitrogens is 3. The van der Waals surface area contributed by atoms with E-state index < -0.39 is 0 Å². The Hall–Kier alpha value is -3.17. The molecule has 32 heavy (non-hydrogen) atoms. The molecule has 4 rings (SSSR count). The van der Waals surface area contributed by atoms with Gasteiger partial charge in [0, 0.05) is 24.5 Å². The van der Waals surface area contributed by atoms with E-state index in [-0.39, 0.29) is 11.7 Å². The predicted molar refractivity (Wildman–Crippen MR) is 128 cm³/mol. The van der Waals surface area contributed by atoms with Gasteiger partial charge in [-0.2, -0.15) is 15.0 Å². The minimum absolute atomic E-state index is 0.104. The van der Waals surface area contributed by atoms with E-state index in [0.29, 0.717) is 43.4 Å². The average Bonchev–Trinajstić information content (AvgIpc) is 2.81. The summed E-state index contributed by atoms with van der Waals surface area (Å²) in [5.74, 6) is 1.13. The van der Waals surface area contributed by atoms with Gasteiger partial charge in [0.05, 0.1) is 19.0 Å². The third-order valence-electron chi connectivity index (χ3n) is 4.92. The van der Waals surface area contributed by atoms with Crippen molar-refractivity contribution < 1.29 is 9.53 Å². The van der Waals surface area contributed by atoms with E-state index in [1.54, 1.807) is 0 Å². The molecular formula is C23H26N6O2S. The summed E-state index contributed by atoms with van der Waals surface area (Å²) in [6.45, 7) is 6.71. The van der Waals surface area contributed by atoms with Gasteiger partial charge in [-0.1, -0.05) is 47.7 Å². The number of ether oxygens (including phenoxy) is 1. The first-order valence-electron chi connectivity index (χ1n) is 10.5. The summed E-state index contributed by atoms with van der Waals surface area (Å²) in [5, 5.41) is 6.69. The largest absolute Gasteiger partial charge is 0.378 e. The van der Waals surface area contributed by atoms with Gasteiger partial charge in [0.2, 0.25) is 17.8 Å². The van der Waals surface area contributed by atoms with Crippen LogP contribution in [0.25, 0.3) is 0 Å². The highest BCUT2D eigenvalue weighted by Crippen LogP contribution is 2.22. The van der Waals surface area contributed by atoms with Crippen molar-refractivity contribution in [2.24, 2.45) is 0 Å². The number of para-hydroxylation sites is 1. The quantitative estimate of drug-likeness (QED) is 0.525. The van der Waals surface area contributed by atoms with Crippen molar-refractivity contribution in [2.75, 3.05) is 47.6 Å². The molecule has 2 N–H and O–H groups in total. The fraction of sp³-hybridized carbons (Fsp3) is 0.304. The van der Waals surface area contributed by atoms with Crippen molar-refractivity contribution in [3.63, 3.8) is 0 Å². The van der Waals surface area contributed by atoms with Gasteiger partial charge in [0.15, 0.2) is 5.16 Å². The first-order valence-corrected chi connectivity index (χ1v) is 11.5. The van der Waals surface area contributed by atoms with Crippen LogP contribution in [0.4, 0.5) is 23.3 Å². The Morgan fingerprint density at radius 3 is 2.59 bits per heavy atom. The molecule has 1 aliphatic heterocycles. The second-order valence-corrected chi connectivity index (χ2v) is 8.43. The zero-order chi connectivity index (χ0) is 22.3. The normalized spacial score (nSPS) is 13.6. The molecule has 1 amide bonds. The Morgan fingerprint density at radius 1 is 1.06 bits per heavy atom. The number of morpholine rings is 1. The van der Waals surface area contributed by atoms with Crippen LogP contribution < -0.4 is 15.5 Å². The van der Waals surface area contributed by atoms with Gasteiger partial charge >= 0.3 is 0 Å². The van der Waals surface area contributed by atoms with Crippen LogP contribution in [-0.2, 0) is 9.53 Å². The highest BCUT2D eigenvalue weighted by atomic mass is 32.2. The molecule has 1 fully saturated rings. The molecule has 0 bridgehead atoms. The number of hydrogen-bond donors (Lipinski definition) is 2. The lowest BCUT2D eigenvalue weighted by Gasteiger charge is -2.27. The van der Waals surface area contributed by atoms with E-state index in [0.717, 1.165) is 22.5 Å². The lowest BCUT2D eigenvalue weighted by molar-refractivity contribution is -0.113. The summed E-state index contributed by atoms with van der Waals surface area (Å²) in [4.78, 5) is 28.3.